The lowest BCUT2D eigenvalue weighted by atomic mass is 9.99. The first-order valence-corrected chi connectivity index (χ1v) is 9.31. The van der Waals surface area contributed by atoms with Crippen LogP contribution in [0.2, 0.25) is 0 Å². The standard InChI is InChI=1S/C16H26F8O2S/c17-13(18,11-25)15(21,22)16(23,24)14(19,20)12-26-9-7-5-3-1-2-4-6-8-10-27/h25,27H,1-12H2. The Hall–Kier alpha value is -0.290. The number of alkyl halides is 8. The van der Waals surface area contributed by atoms with Crippen LogP contribution >= 0.6 is 12.6 Å². The summed E-state index contributed by atoms with van der Waals surface area (Å²) in [6.45, 7) is -5.20. The van der Waals surface area contributed by atoms with E-state index in [2.05, 4.69) is 17.4 Å². The van der Waals surface area contributed by atoms with Crippen molar-refractivity contribution in [3.8, 4) is 0 Å². The summed E-state index contributed by atoms with van der Waals surface area (Å²) in [7, 11) is 0. The first-order chi connectivity index (χ1) is 12.4. The lowest BCUT2D eigenvalue weighted by molar-refractivity contribution is -0.375. The van der Waals surface area contributed by atoms with Gasteiger partial charge in [0.1, 0.15) is 13.2 Å². The van der Waals surface area contributed by atoms with Gasteiger partial charge < -0.3 is 9.84 Å². The fourth-order valence-electron chi connectivity index (χ4n) is 2.23. The third kappa shape index (κ3) is 7.56. The molecule has 0 saturated carbocycles. The Morgan fingerprint density at radius 3 is 1.48 bits per heavy atom. The fourth-order valence-corrected chi connectivity index (χ4v) is 2.45. The molecule has 0 aromatic carbocycles. The molecule has 0 bridgehead atoms. The van der Waals surface area contributed by atoms with Crippen LogP contribution in [0, 0.1) is 0 Å². The first kappa shape index (κ1) is 26.7. The van der Waals surface area contributed by atoms with Crippen LogP contribution in [0.3, 0.4) is 0 Å². The van der Waals surface area contributed by atoms with Crippen LogP contribution in [-0.4, -0.2) is 54.4 Å². The number of ether oxygens (including phenoxy) is 1. The second-order valence-electron chi connectivity index (χ2n) is 6.32. The third-order valence-corrected chi connectivity index (χ3v) is 4.31. The van der Waals surface area contributed by atoms with Crippen LogP contribution in [0.4, 0.5) is 35.1 Å². The molecule has 2 nitrogen and oxygen atoms in total. The molecule has 1 N–H and O–H groups in total. The number of rotatable bonds is 16. The molecule has 0 aliphatic rings. The van der Waals surface area contributed by atoms with E-state index < -0.39 is 36.9 Å². The van der Waals surface area contributed by atoms with Gasteiger partial charge in [0, 0.05) is 6.61 Å². The lowest BCUT2D eigenvalue weighted by Gasteiger charge is -2.35. The smallest absolute Gasteiger partial charge is 0.380 e. The van der Waals surface area contributed by atoms with Crippen LogP contribution in [-0.2, 0) is 4.74 Å². The second kappa shape index (κ2) is 11.6. The SMILES string of the molecule is OCC(F)(F)C(F)(F)C(F)(F)C(F)(F)COCCCCCCCCCCS. The van der Waals surface area contributed by atoms with E-state index in [1.54, 1.807) is 0 Å². The van der Waals surface area contributed by atoms with E-state index in [4.69, 9.17) is 5.11 Å². The van der Waals surface area contributed by atoms with Gasteiger partial charge in [-0.2, -0.15) is 47.8 Å². The molecule has 0 amide bonds. The molecule has 0 saturated heterocycles. The Morgan fingerprint density at radius 1 is 0.630 bits per heavy atom. The van der Waals surface area contributed by atoms with Gasteiger partial charge in [0.25, 0.3) is 0 Å². The molecule has 0 rings (SSSR count). The largest absolute Gasteiger partial charge is 0.390 e. The molecule has 0 atom stereocenters. The summed E-state index contributed by atoms with van der Waals surface area (Å²) in [5.74, 6) is -23.2. The molecule has 0 fully saturated rings. The number of thiol groups is 1. The summed E-state index contributed by atoms with van der Waals surface area (Å²) in [6.07, 6.45) is 6.64. The quantitative estimate of drug-likeness (QED) is 0.189. The van der Waals surface area contributed by atoms with Gasteiger partial charge in [-0.1, -0.05) is 38.5 Å². The molecule has 0 spiro atoms. The first-order valence-electron chi connectivity index (χ1n) is 8.68. The number of hydrogen-bond acceptors (Lipinski definition) is 3. The molecule has 0 aromatic heterocycles. The maximum atomic E-state index is 13.4. The molecular weight excluding hydrogens is 408 g/mol. The van der Waals surface area contributed by atoms with Crippen molar-refractivity contribution < 1.29 is 45.0 Å². The number of hydrogen-bond donors (Lipinski definition) is 2. The summed E-state index contributed by atoms with van der Waals surface area (Å²) in [6, 6.07) is 0. The van der Waals surface area contributed by atoms with E-state index in [1.165, 1.54) is 0 Å². The van der Waals surface area contributed by atoms with Crippen LogP contribution < -0.4 is 0 Å². The van der Waals surface area contributed by atoms with E-state index >= 15 is 0 Å². The van der Waals surface area contributed by atoms with Crippen LogP contribution in [0.15, 0.2) is 0 Å². The molecule has 164 valence electrons. The number of halogens is 8. The molecule has 0 unspecified atom stereocenters. The summed E-state index contributed by atoms with van der Waals surface area (Å²) < 4.78 is 109. The summed E-state index contributed by atoms with van der Waals surface area (Å²) in [5.41, 5.74) is 0. The van der Waals surface area contributed by atoms with Crippen molar-refractivity contribution in [2.24, 2.45) is 0 Å². The molecular formula is C16H26F8O2S. The molecule has 0 aliphatic carbocycles. The Balaban J connectivity index is 4.22. The van der Waals surface area contributed by atoms with Crippen molar-refractivity contribution >= 4 is 12.6 Å². The Morgan fingerprint density at radius 2 is 1.04 bits per heavy atom. The second-order valence-corrected chi connectivity index (χ2v) is 6.77. The van der Waals surface area contributed by atoms with Gasteiger partial charge in [-0.05, 0) is 18.6 Å². The minimum atomic E-state index is -6.44. The van der Waals surface area contributed by atoms with Gasteiger partial charge >= 0.3 is 23.7 Å². The Bertz CT molecular complexity index is 408. The predicted octanol–water partition coefficient (Wildman–Crippen LogP) is 5.59. The number of aliphatic hydroxyl groups excluding tert-OH is 1. The summed E-state index contributed by atoms with van der Waals surface area (Å²) >= 11 is 4.08. The van der Waals surface area contributed by atoms with Gasteiger partial charge in [-0.25, -0.2) is 0 Å². The van der Waals surface area contributed by atoms with E-state index in [0.717, 1.165) is 44.3 Å². The molecule has 0 aromatic rings. The highest BCUT2D eigenvalue weighted by Gasteiger charge is 2.80. The van der Waals surface area contributed by atoms with Crippen molar-refractivity contribution in [3.05, 3.63) is 0 Å². The van der Waals surface area contributed by atoms with Gasteiger partial charge in [-0.3, -0.25) is 0 Å². The predicted molar refractivity (Wildman–Crippen MR) is 88.5 cm³/mol. The monoisotopic (exact) mass is 434 g/mol. The molecule has 0 radical (unpaired) electrons. The number of unbranched alkanes of at least 4 members (excludes halogenated alkanes) is 7. The zero-order chi connectivity index (χ0) is 21.2. The van der Waals surface area contributed by atoms with Crippen molar-refractivity contribution in [1.29, 1.82) is 0 Å². The molecule has 27 heavy (non-hydrogen) atoms. The van der Waals surface area contributed by atoms with E-state index in [9.17, 15) is 35.1 Å². The van der Waals surface area contributed by atoms with Gasteiger partial charge in [0.05, 0.1) is 0 Å². The Kier molecular flexibility index (Phi) is 11.5. The minimum absolute atomic E-state index is 0.251. The van der Waals surface area contributed by atoms with Crippen molar-refractivity contribution in [2.75, 3.05) is 25.6 Å². The average molecular weight is 434 g/mol. The summed E-state index contributed by atoms with van der Waals surface area (Å²) in [5, 5.41) is 8.09. The molecule has 0 aliphatic heterocycles. The molecule has 11 heteroatoms. The Labute approximate surface area is 159 Å². The van der Waals surface area contributed by atoms with E-state index in [0.29, 0.717) is 6.42 Å². The fraction of sp³-hybridized carbons (Fsp3) is 1.00. The van der Waals surface area contributed by atoms with Gasteiger partial charge in [-0.15, -0.1) is 0 Å². The van der Waals surface area contributed by atoms with Crippen LogP contribution in [0.1, 0.15) is 51.4 Å². The lowest BCUT2D eigenvalue weighted by Crippen LogP contribution is -2.64. The van der Waals surface area contributed by atoms with Gasteiger partial charge in [0.2, 0.25) is 0 Å². The van der Waals surface area contributed by atoms with Crippen molar-refractivity contribution in [1.82, 2.24) is 0 Å². The zero-order valence-corrected chi connectivity index (χ0v) is 15.7. The topological polar surface area (TPSA) is 29.5 Å². The van der Waals surface area contributed by atoms with Crippen molar-refractivity contribution in [2.45, 2.75) is 75.1 Å². The maximum Gasteiger partial charge on any atom is 0.380 e. The maximum absolute atomic E-state index is 13.4. The zero-order valence-electron chi connectivity index (χ0n) is 14.8. The van der Waals surface area contributed by atoms with E-state index in [1.807, 2.05) is 0 Å². The highest BCUT2D eigenvalue weighted by Crippen LogP contribution is 2.52. The average Bonchev–Trinajstić information content (AvgIpc) is 2.59. The van der Waals surface area contributed by atoms with Gasteiger partial charge in [0.15, 0.2) is 0 Å². The summed E-state index contributed by atoms with van der Waals surface area (Å²) in [4.78, 5) is 0. The normalized spacial score (nSPS) is 14.0. The van der Waals surface area contributed by atoms with Crippen LogP contribution in [0.25, 0.3) is 0 Å². The molecule has 0 heterocycles. The third-order valence-electron chi connectivity index (χ3n) is 3.99. The highest BCUT2D eigenvalue weighted by molar-refractivity contribution is 7.80. The highest BCUT2D eigenvalue weighted by atomic mass is 32.1. The van der Waals surface area contributed by atoms with Crippen LogP contribution in [0.5, 0.6) is 0 Å². The van der Waals surface area contributed by atoms with Crippen molar-refractivity contribution in [3.63, 3.8) is 0 Å². The van der Waals surface area contributed by atoms with E-state index in [-0.39, 0.29) is 13.0 Å². The minimum Gasteiger partial charge on any atom is -0.390 e. The number of aliphatic hydroxyl groups is 1.